The Morgan fingerprint density at radius 1 is 1.19 bits per heavy atom. The molecular formula is C24H29ClF3N5O4. The summed E-state index contributed by atoms with van der Waals surface area (Å²) in [7, 11) is 1.51. The van der Waals surface area contributed by atoms with Gasteiger partial charge >= 0.3 is 6.18 Å². The highest BCUT2D eigenvalue weighted by Crippen LogP contribution is 2.36. The fraction of sp³-hybridized carbons (Fsp3) is 0.500. The van der Waals surface area contributed by atoms with Crippen molar-refractivity contribution in [3.05, 3.63) is 46.5 Å². The van der Waals surface area contributed by atoms with Gasteiger partial charge in [-0.1, -0.05) is 11.6 Å². The van der Waals surface area contributed by atoms with Gasteiger partial charge in [-0.2, -0.15) is 13.2 Å². The van der Waals surface area contributed by atoms with Crippen LogP contribution in [0.4, 0.5) is 18.9 Å². The van der Waals surface area contributed by atoms with Gasteiger partial charge in [-0.3, -0.25) is 14.4 Å². The number of halogens is 4. The fourth-order valence-electron chi connectivity index (χ4n) is 4.15. The van der Waals surface area contributed by atoms with Gasteiger partial charge in [-0.05, 0) is 57.7 Å². The maximum Gasteiger partial charge on any atom is 0.416 e. The van der Waals surface area contributed by atoms with Crippen LogP contribution in [0.15, 0.2) is 24.5 Å². The Kier molecular flexibility index (Phi) is 8.53. The van der Waals surface area contributed by atoms with Gasteiger partial charge in [0.2, 0.25) is 5.91 Å². The summed E-state index contributed by atoms with van der Waals surface area (Å²) in [5.41, 5.74) is 3.79. The number of ether oxygens (including phenoxy) is 1. The molecule has 1 aliphatic rings. The molecule has 0 radical (unpaired) electrons. The lowest BCUT2D eigenvalue weighted by molar-refractivity contribution is -0.137. The Labute approximate surface area is 216 Å². The quantitative estimate of drug-likeness (QED) is 0.460. The Morgan fingerprint density at radius 3 is 2.41 bits per heavy atom. The molecule has 202 valence electrons. The second kappa shape index (κ2) is 11.1. The van der Waals surface area contributed by atoms with Crippen LogP contribution in [0.2, 0.25) is 5.02 Å². The van der Waals surface area contributed by atoms with E-state index in [2.05, 4.69) is 15.6 Å². The predicted molar refractivity (Wildman–Crippen MR) is 130 cm³/mol. The lowest BCUT2D eigenvalue weighted by Gasteiger charge is -2.29. The summed E-state index contributed by atoms with van der Waals surface area (Å²) in [5.74, 6) is -2.29. The topological polar surface area (TPSA) is 128 Å². The Hall–Kier alpha value is -3.12. The van der Waals surface area contributed by atoms with E-state index in [0.717, 1.165) is 18.2 Å². The second-order valence-corrected chi connectivity index (χ2v) is 9.95. The minimum absolute atomic E-state index is 0.000700. The molecular weight excluding hydrogens is 515 g/mol. The van der Waals surface area contributed by atoms with Crippen molar-refractivity contribution >= 4 is 35.0 Å². The number of imidazole rings is 1. The molecule has 0 spiro atoms. The first-order valence-corrected chi connectivity index (χ1v) is 12.0. The number of amides is 3. The van der Waals surface area contributed by atoms with Crippen LogP contribution in [0.25, 0.3) is 0 Å². The van der Waals surface area contributed by atoms with E-state index in [-0.39, 0.29) is 34.7 Å². The van der Waals surface area contributed by atoms with Crippen molar-refractivity contribution in [2.75, 3.05) is 19.0 Å². The molecule has 0 saturated heterocycles. The van der Waals surface area contributed by atoms with Crippen molar-refractivity contribution in [1.29, 1.82) is 0 Å². The van der Waals surface area contributed by atoms with Crippen LogP contribution in [0.1, 0.15) is 72.1 Å². The van der Waals surface area contributed by atoms with Crippen molar-refractivity contribution in [2.24, 2.45) is 11.7 Å². The van der Waals surface area contributed by atoms with Crippen LogP contribution in [0, 0.1) is 5.92 Å². The number of methoxy groups -OCH3 is 1. The molecule has 0 atom stereocenters. The number of carbonyl (C=O) groups excluding carboxylic acids is 3. The lowest BCUT2D eigenvalue weighted by Crippen LogP contribution is -2.40. The maximum atomic E-state index is 13.0. The Bertz CT molecular complexity index is 1170. The van der Waals surface area contributed by atoms with E-state index in [1.54, 1.807) is 18.4 Å². The molecule has 0 unspecified atom stereocenters. The summed E-state index contributed by atoms with van der Waals surface area (Å²) in [5, 5.41) is 5.18. The third-order valence-corrected chi connectivity index (χ3v) is 6.81. The summed E-state index contributed by atoms with van der Waals surface area (Å²) in [6.07, 6.45) is -1.48. The molecule has 1 heterocycles. The first-order chi connectivity index (χ1) is 17.2. The van der Waals surface area contributed by atoms with Crippen LogP contribution in [-0.4, -0.2) is 46.5 Å². The number of hydrogen-bond donors (Lipinski definition) is 3. The van der Waals surface area contributed by atoms with Crippen LogP contribution in [0.3, 0.4) is 0 Å². The number of carbonyl (C=O) groups is 3. The molecule has 1 fully saturated rings. The van der Waals surface area contributed by atoms with E-state index in [9.17, 15) is 27.6 Å². The number of benzene rings is 1. The van der Waals surface area contributed by atoms with E-state index in [0.29, 0.717) is 25.7 Å². The third-order valence-electron chi connectivity index (χ3n) is 6.48. The van der Waals surface area contributed by atoms with Crippen molar-refractivity contribution in [2.45, 2.75) is 57.3 Å². The number of hydrogen-bond acceptors (Lipinski definition) is 5. The van der Waals surface area contributed by atoms with Crippen molar-refractivity contribution in [3.8, 4) is 0 Å². The second-order valence-electron chi connectivity index (χ2n) is 9.55. The third kappa shape index (κ3) is 6.80. The average Bonchev–Trinajstić information content (AvgIpc) is 3.29. The van der Waals surface area contributed by atoms with Gasteiger partial charge in [-0.25, -0.2) is 4.98 Å². The molecule has 1 aromatic carbocycles. The first-order valence-electron chi connectivity index (χ1n) is 11.6. The van der Waals surface area contributed by atoms with Gasteiger partial charge in [0.15, 0.2) is 5.69 Å². The molecule has 3 rings (SSSR count). The van der Waals surface area contributed by atoms with Crippen LogP contribution >= 0.6 is 11.6 Å². The molecule has 1 saturated carbocycles. The maximum absolute atomic E-state index is 13.0. The van der Waals surface area contributed by atoms with E-state index >= 15 is 0 Å². The highest BCUT2D eigenvalue weighted by molar-refractivity contribution is 6.33. The number of nitrogens with zero attached hydrogens (tertiary/aromatic N) is 2. The number of anilines is 1. The molecule has 3 amide bonds. The zero-order valence-electron chi connectivity index (χ0n) is 20.6. The molecule has 1 aromatic heterocycles. The number of primary amides is 1. The number of alkyl halides is 3. The number of nitrogens with two attached hydrogens (primary N) is 1. The number of nitrogens with one attached hydrogen (secondary N) is 2. The van der Waals surface area contributed by atoms with Crippen molar-refractivity contribution < 1.29 is 32.3 Å². The normalized spacial score (nSPS) is 18.4. The predicted octanol–water partition coefficient (Wildman–Crippen LogP) is 4.18. The summed E-state index contributed by atoms with van der Waals surface area (Å²) in [4.78, 5) is 41.8. The standard InChI is InChI=1S/C24H29ClF3N5O4/c1-23(2,37-3)11-30-22(36)18-19(20(29)34)33(12-31-18)15-7-4-13(5-8-15)21(35)32-17-10-14(24(26,27)28)6-9-16(17)25/h6,9-10,12-13,15H,4-5,7-8,11H2,1-3H3,(H2,29,34)(H,30,36)(H,32,35)/t13-,15-. The highest BCUT2D eigenvalue weighted by Gasteiger charge is 2.33. The molecule has 9 nitrogen and oxygen atoms in total. The monoisotopic (exact) mass is 543 g/mol. The van der Waals surface area contributed by atoms with Gasteiger partial charge in [0.05, 0.1) is 28.2 Å². The number of aromatic nitrogens is 2. The Balaban J connectivity index is 1.67. The molecule has 13 heteroatoms. The average molecular weight is 544 g/mol. The molecule has 2 aromatic rings. The number of rotatable bonds is 8. The van der Waals surface area contributed by atoms with E-state index in [1.165, 1.54) is 13.4 Å². The first kappa shape index (κ1) is 28.5. The van der Waals surface area contributed by atoms with Gasteiger partial charge in [0, 0.05) is 25.6 Å². The van der Waals surface area contributed by atoms with Crippen LogP contribution in [0.5, 0.6) is 0 Å². The van der Waals surface area contributed by atoms with Gasteiger partial charge in [0.25, 0.3) is 11.8 Å². The molecule has 37 heavy (non-hydrogen) atoms. The summed E-state index contributed by atoms with van der Waals surface area (Å²) in [6, 6.07) is 2.49. The van der Waals surface area contributed by atoms with Crippen molar-refractivity contribution in [3.63, 3.8) is 0 Å². The van der Waals surface area contributed by atoms with Gasteiger partial charge in [0.1, 0.15) is 5.69 Å². The molecule has 0 bridgehead atoms. The fourth-order valence-corrected chi connectivity index (χ4v) is 4.31. The van der Waals surface area contributed by atoms with E-state index < -0.39 is 41.0 Å². The van der Waals surface area contributed by atoms with E-state index in [4.69, 9.17) is 22.1 Å². The summed E-state index contributed by atoms with van der Waals surface area (Å²) >= 11 is 5.99. The molecule has 0 aliphatic heterocycles. The molecule has 1 aliphatic carbocycles. The van der Waals surface area contributed by atoms with Crippen molar-refractivity contribution in [1.82, 2.24) is 14.9 Å². The minimum atomic E-state index is -4.57. The molecule has 4 N–H and O–H groups in total. The zero-order valence-corrected chi connectivity index (χ0v) is 21.4. The SMILES string of the molecule is COC(C)(C)CNC(=O)c1ncn([C@H]2CC[C@H](C(=O)Nc3cc(C(F)(F)F)ccc3Cl)CC2)c1C(N)=O. The lowest BCUT2D eigenvalue weighted by atomic mass is 9.85. The minimum Gasteiger partial charge on any atom is -0.377 e. The smallest absolute Gasteiger partial charge is 0.377 e. The highest BCUT2D eigenvalue weighted by atomic mass is 35.5. The van der Waals surface area contributed by atoms with Gasteiger partial charge < -0.3 is 25.7 Å². The summed E-state index contributed by atoms with van der Waals surface area (Å²) in [6.45, 7) is 3.76. The summed E-state index contributed by atoms with van der Waals surface area (Å²) < 4.78 is 45.9. The van der Waals surface area contributed by atoms with Gasteiger partial charge in [-0.15, -0.1) is 0 Å². The van der Waals surface area contributed by atoms with Crippen LogP contribution < -0.4 is 16.4 Å². The zero-order chi connectivity index (χ0) is 27.5. The Morgan fingerprint density at radius 2 is 1.84 bits per heavy atom. The van der Waals surface area contributed by atoms with E-state index in [1.807, 2.05) is 0 Å². The van der Waals surface area contributed by atoms with Crippen LogP contribution in [-0.2, 0) is 15.7 Å². The largest absolute Gasteiger partial charge is 0.416 e.